The second-order valence-corrected chi connectivity index (χ2v) is 6.47. The van der Waals surface area contributed by atoms with Crippen LogP contribution in [-0.4, -0.2) is 29.1 Å². The summed E-state index contributed by atoms with van der Waals surface area (Å²) in [5.41, 5.74) is 0.128. The summed E-state index contributed by atoms with van der Waals surface area (Å²) in [7, 11) is 0. The maximum Gasteiger partial charge on any atom is 0.253 e. The first kappa shape index (κ1) is 17.8. The van der Waals surface area contributed by atoms with Crippen molar-refractivity contribution in [3.05, 3.63) is 28.8 Å². The van der Waals surface area contributed by atoms with Gasteiger partial charge < -0.3 is 15.7 Å². The van der Waals surface area contributed by atoms with Crippen LogP contribution in [0.3, 0.4) is 0 Å². The average Bonchev–Trinajstić information content (AvgIpc) is 2.94. The molecule has 3 N–H and O–H groups in total. The van der Waals surface area contributed by atoms with E-state index in [0.29, 0.717) is 35.7 Å². The number of hydrogen-bond donors (Lipinski definition) is 3. The van der Waals surface area contributed by atoms with E-state index >= 15 is 0 Å². The summed E-state index contributed by atoms with van der Waals surface area (Å²) in [6.07, 6.45) is 4.52. The van der Waals surface area contributed by atoms with Crippen molar-refractivity contribution in [1.82, 2.24) is 5.32 Å². The summed E-state index contributed by atoms with van der Waals surface area (Å²) < 4.78 is 0. The Morgan fingerprint density at radius 3 is 2.65 bits per heavy atom. The van der Waals surface area contributed by atoms with Crippen molar-refractivity contribution in [2.75, 3.05) is 11.9 Å². The third-order valence-electron chi connectivity index (χ3n) is 4.23. The monoisotopic (exact) mass is 338 g/mol. The average molecular weight is 339 g/mol. The molecule has 0 heterocycles. The van der Waals surface area contributed by atoms with Crippen LogP contribution in [0, 0.1) is 0 Å². The number of carbonyl (C=O) groups excluding carboxylic acids is 2. The molecule has 0 spiro atoms. The Balaban J connectivity index is 1.99. The fourth-order valence-corrected chi connectivity index (χ4v) is 3.02. The highest BCUT2D eigenvalue weighted by molar-refractivity contribution is 6.31. The van der Waals surface area contributed by atoms with Gasteiger partial charge >= 0.3 is 0 Å². The molecule has 1 aromatic carbocycles. The molecule has 0 atom stereocenters. The number of benzene rings is 1. The number of aliphatic hydroxyl groups is 1. The van der Waals surface area contributed by atoms with Crippen molar-refractivity contribution in [1.29, 1.82) is 0 Å². The van der Waals surface area contributed by atoms with E-state index in [4.69, 9.17) is 11.6 Å². The first-order chi connectivity index (χ1) is 10.9. The molecular weight excluding hydrogens is 316 g/mol. The molecule has 23 heavy (non-hydrogen) atoms. The topological polar surface area (TPSA) is 78.4 Å². The van der Waals surface area contributed by atoms with Crippen molar-refractivity contribution >= 4 is 29.1 Å². The van der Waals surface area contributed by atoms with Gasteiger partial charge in [-0.2, -0.15) is 0 Å². The molecule has 1 aliphatic carbocycles. The van der Waals surface area contributed by atoms with Crippen LogP contribution >= 0.6 is 11.6 Å². The quantitative estimate of drug-likeness (QED) is 0.745. The van der Waals surface area contributed by atoms with Crippen LogP contribution in [0.5, 0.6) is 0 Å². The largest absolute Gasteiger partial charge is 0.390 e. The summed E-state index contributed by atoms with van der Waals surface area (Å²) >= 11 is 5.94. The van der Waals surface area contributed by atoms with Crippen molar-refractivity contribution in [3.8, 4) is 0 Å². The minimum atomic E-state index is -0.646. The van der Waals surface area contributed by atoms with Gasteiger partial charge in [-0.3, -0.25) is 9.59 Å². The first-order valence-electron chi connectivity index (χ1n) is 8.03. The Labute approximate surface area is 141 Å². The predicted octanol–water partition coefficient (Wildman–Crippen LogP) is 3.11. The van der Waals surface area contributed by atoms with Crippen LogP contribution < -0.4 is 10.6 Å². The Morgan fingerprint density at radius 1 is 1.30 bits per heavy atom. The lowest BCUT2D eigenvalue weighted by molar-refractivity contribution is -0.115. The maximum atomic E-state index is 12.3. The molecule has 1 aliphatic rings. The molecule has 0 bridgehead atoms. The molecule has 1 saturated carbocycles. The minimum absolute atomic E-state index is 0.179. The zero-order valence-electron chi connectivity index (χ0n) is 13.3. The van der Waals surface area contributed by atoms with Crippen LogP contribution in [0.2, 0.25) is 5.02 Å². The van der Waals surface area contributed by atoms with Crippen molar-refractivity contribution < 1.29 is 14.7 Å². The van der Waals surface area contributed by atoms with Crippen LogP contribution in [0.25, 0.3) is 0 Å². The van der Waals surface area contributed by atoms with Gasteiger partial charge in [-0.1, -0.05) is 31.4 Å². The van der Waals surface area contributed by atoms with E-state index < -0.39 is 5.60 Å². The molecular formula is C17H23ClN2O3. The minimum Gasteiger partial charge on any atom is -0.390 e. The van der Waals surface area contributed by atoms with Gasteiger partial charge in [-0.25, -0.2) is 0 Å². The Hall–Kier alpha value is -1.59. The fourth-order valence-electron chi connectivity index (χ4n) is 2.84. The van der Waals surface area contributed by atoms with Gasteiger partial charge in [-0.15, -0.1) is 0 Å². The Morgan fingerprint density at radius 2 is 2.00 bits per heavy atom. The molecule has 0 radical (unpaired) electrons. The van der Waals surface area contributed by atoms with Crippen LogP contribution in [0.1, 0.15) is 55.8 Å². The highest BCUT2D eigenvalue weighted by Crippen LogP contribution is 2.31. The molecule has 1 aromatic rings. The van der Waals surface area contributed by atoms with Gasteiger partial charge in [0.15, 0.2) is 0 Å². The number of rotatable bonds is 6. The standard InChI is InChI=1S/C17H23ClN2O3/c1-2-15(21)20-14-11-12(18)5-6-13(14)16(22)19-10-9-17(23)7-3-4-8-17/h5-6,11,23H,2-4,7-10H2,1H3,(H,19,22)(H,20,21). The van der Waals surface area contributed by atoms with Gasteiger partial charge in [-0.05, 0) is 37.5 Å². The zero-order valence-corrected chi connectivity index (χ0v) is 14.1. The highest BCUT2D eigenvalue weighted by Gasteiger charge is 2.30. The number of hydrogen-bond acceptors (Lipinski definition) is 3. The lowest BCUT2D eigenvalue weighted by atomic mass is 9.98. The normalized spacial score (nSPS) is 16.1. The predicted molar refractivity (Wildman–Crippen MR) is 90.7 cm³/mol. The third kappa shape index (κ3) is 4.94. The van der Waals surface area contributed by atoms with Gasteiger partial charge in [0.05, 0.1) is 16.9 Å². The second kappa shape index (κ2) is 7.79. The maximum absolute atomic E-state index is 12.3. The summed E-state index contributed by atoms with van der Waals surface area (Å²) in [5, 5.41) is 16.2. The SMILES string of the molecule is CCC(=O)Nc1cc(Cl)ccc1C(=O)NCCC1(O)CCCC1. The molecule has 1 fully saturated rings. The van der Waals surface area contributed by atoms with Crippen LogP contribution in [0.4, 0.5) is 5.69 Å². The van der Waals surface area contributed by atoms with E-state index in [1.165, 1.54) is 0 Å². The molecule has 126 valence electrons. The number of nitrogens with one attached hydrogen (secondary N) is 2. The van der Waals surface area contributed by atoms with Gasteiger partial charge in [0.1, 0.15) is 0 Å². The number of amides is 2. The fraction of sp³-hybridized carbons (Fsp3) is 0.529. The smallest absolute Gasteiger partial charge is 0.253 e. The summed E-state index contributed by atoms with van der Waals surface area (Å²) in [4.78, 5) is 23.9. The third-order valence-corrected chi connectivity index (χ3v) is 4.47. The zero-order chi connectivity index (χ0) is 16.9. The first-order valence-corrected chi connectivity index (χ1v) is 8.41. The van der Waals surface area contributed by atoms with E-state index in [2.05, 4.69) is 10.6 Å². The van der Waals surface area contributed by atoms with E-state index in [0.717, 1.165) is 25.7 Å². The lowest BCUT2D eigenvalue weighted by Gasteiger charge is -2.22. The summed E-state index contributed by atoms with van der Waals surface area (Å²) in [5.74, 6) is -0.462. The van der Waals surface area contributed by atoms with Gasteiger partial charge in [0.25, 0.3) is 5.91 Å². The van der Waals surface area contributed by atoms with Crippen molar-refractivity contribution in [2.45, 2.75) is 51.0 Å². The number of anilines is 1. The Bertz CT molecular complexity index is 583. The van der Waals surface area contributed by atoms with Gasteiger partial charge in [0.2, 0.25) is 5.91 Å². The van der Waals surface area contributed by atoms with E-state index in [1.807, 2.05) is 0 Å². The molecule has 6 heteroatoms. The van der Waals surface area contributed by atoms with E-state index in [9.17, 15) is 14.7 Å². The number of halogens is 1. The van der Waals surface area contributed by atoms with Crippen LogP contribution in [0.15, 0.2) is 18.2 Å². The van der Waals surface area contributed by atoms with Gasteiger partial charge in [0, 0.05) is 18.0 Å². The molecule has 5 nitrogen and oxygen atoms in total. The molecule has 0 aliphatic heterocycles. The van der Waals surface area contributed by atoms with Crippen molar-refractivity contribution in [2.24, 2.45) is 0 Å². The van der Waals surface area contributed by atoms with E-state index in [1.54, 1.807) is 25.1 Å². The molecule has 0 unspecified atom stereocenters. The molecule has 0 saturated heterocycles. The molecule has 0 aromatic heterocycles. The second-order valence-electron chi connectivity index (χ2n) is 6.03. The molecule has 2 rings (SSSR count). The summed E-state index contributed by atoms with van der Waals surface area (Å²) in [6, 6.07) is 4.77. The highest BCUT2D eigenvalue weighted by atomic mass is 35.5. The Kier molecular flexibility index (Phi) is 6.02. The number of carbonyl (C=O) groups is 2. The van der Waals surface area contributed by atoms with Crippen LogP contribution in [-0.2, 0) is 4.79 Å². The van der Waals surface area contributed by atoms with Crippen molar-refractivity contribution in [3.63, 3.8) is 0 Å². The van der Waals surface area contributed by atoms with E-state index in [-0.39, 0.29) is 11.8 Å². The lowest BCUT2D eigenvalue weighted by Crippen LogP contribution is -2.33. The molecule has 2 amide bonds. The summed E-state index contributed by atoms with van der Waals surface area (Å²) in [6.45, 7) is 2.14.